The fourth-order valence-electron chi connectivity index (χ4n) is 4.50. The number of hydrogen-bond donors (Lipinski definition) is 0. The summed E-state index contributed by atoms with van der Waals surface area (Å²) in [6, 6.07) is 8.41. The molecule has 0 radical (unpaired) electrons. The number of Topliss-reactive ketones (excluding diaryl/α,β-unsaturated/α-hetero) is 1. The Kier molecular flexibility index (Phi) is 7.87. The first-order valence-corrected chi connectivity index (χ1v) is 11.9. The second-order valence-electron chi connectivity index (χ2n) is 10.5. The molecule has 0 aromatic heterocycles. The number of amides is 2. The fourth-order valence-corrected chi connectivity index (χ4v) is 4.50. The van der Waals surface area contributed by atoms with Gasteiger partial charge in [0.1, 0.15) is 5.60 Å². The monoisotopic (exact) mass is 491 g/mol. The third-order valence-corrected chi connectivity index (χ3v) is 6.20. The van der Waals surface area contributed by atoms with Crippen molar-refractivity contribution < 1.29 is 27.9 Å². The standard InChI is InChI=1S/C26H35F2N3O4/c1-25(2,3)35-24(34)30-13-11-19(12-14-30)22(32)20(15-29(4)5)23(33)31-16-21(26(27,28)17-31)18-9-7-6-8-10-18/h6-10,15,19,21H,11-14,16-17H2,1-5H3/b20-15-. The van der Waals surface area contributed by atoms with Gasteiger partial charge in [0.25, 0.3) is 11.8 Å². The van der Waals surface area contributed by atoms with Crippen molar-refractivity contribution in [3.8, 4) is 0 Å². The molecule has 35 heavy (non-hydrogen) atoms. The van der Waals surface area contributed by atoms with E-state index in [0.29, 0.717) is 31.5 Å². The third-order valence-electron chi connectivity index (χ3n) is 6.20. The third kappa shape index (κ3) is 6.58. The number of likely N-dealkylation sites (tertiary alicyclic amines) is 2. The number of benzene rings is 1. The number of piperidine rings is 1. The predicted octanol–water partition coefficient (Wildman–Crippen LogP) is 3.91. The molecule has 1 atom stereocenters. The highest BCUT2D eigenvalue weighted by molar-refractivity contribution is 6.20. The number of rotatable bonds is 5. The van der Waals surface area contributed by atoms with Crippen molar-refractivity contribution in [3.63, 3.8) is 0 Å². The van der Waals surface area contributed by atoms with Crippen molar-refractivity contribution in [1.29, 1.82) is 0 Å². The van der Waals surface area contributed by atoms with E-state index in [2.05, 4.69) is 0 Å². The first kappa shape index (κ1) is 26.6. The molecule has 3 rings (SSSR count). The molecule has 0 bridgehead atoms. The van der Waals surface area contributed by atoms with Crippen LogP contribution >= 0.6 is 0 Å². The van der Waals surface area contributed by atoms with Crippen LogP contribution in [-0.4, -0.2) is 84.3 Å². The van der Waals surface area contributed by atoms with Crippen LogP contribution in [0.15, 0.2) is 42.1 Å². The van der Waals surface area contributed by atoms with Crippen LogP contribution in [0.25, 0.3) is 0 Å². The van der Waals surface area contributed by atoms with E-state index < -0.39 is 41.9 Å². The topological polar surface area (TPSA) is 70.2 Å². The molecule has 0 N–H and O–H groups in total. The van der Waals surface area contributed by atoms with Crippen LogP contribution in [0.5, 0.6) is 0 Å². The molecule has 1 aromatic carbocycles. The Balaban J connectivity index is 1.71. The van der Waals surface area contributed by atoms with E-state index in [-0.39, 0.29) is 17.9 Å². The summed E-state index contributed by atoms with van der Waals surface area (Å²) in [6.07, 6.45) is 1.73. The van der Waals surface area contributed by atoms with E-state index in [9.17, 15) is 23.2 Å². The lowest BCUT2D eigenvalue weighted by Crippen LogP contribution is -2.44. The minimum atomic E-state index is -3.10. The molecular formula is C26H35F2N3O4. The summed E-state index contributed by atoms with van der Waals surface area (Å²) < 4.78 is 35.1. The highest BCUT2D eigenvalue weighted by atomic mass is 19.3. The van der Waals surface area contributed by atoms with Crippen molar-refractivity contribution in [1.82, 2.24) is 14.7 Å². The molecule has 2 amide bonds. The first-order chi connectivity index (χ1) is 16.3. The average Bonchev–Trinajstić information content (AvgIpc) is 3.11. The average molecular weight is 492 g/mol. The van der Waals surface area contributed by atoms with Crippen LogP contribution in [-0.2, 0) is 14.3 Å². The molecule has 0 spiro atoms. The van der Waals surface area contributed by atoms with Crippen molar-refractivity contribution in [2.75, 3.05) is 40.3 Å². The molecule has 2 aliphatic heterocycles. The SMILES string of the molecule is CN(C)/C=C(/C(=O)C1CCN(C(=O)OC(C)(C)C)CC1)C(=O)N1CC(c2ccccc2)C(F)(F)C1. The Labute approximate surface area is 205 Å². The number of halogens is 2. The maximum atomic E-state index is 14.9. The summed E-state index contributed by atoms with van der Waals surface area (Å²) in [5.74, 6) is -5.75. The van der Waals surface area contributed by atoms with E-state index in [1.165, 1.54) is 6.20 Å². The van der Waals surface area contributed by atoms with Crippen LogP contribution < -0.4 is 0 Å². The number of ether oxygens (including phenoxy) is 1. The summed E-state index contributed by atoms with van der Waals surface area (Å²) >= 11 is 0. The molecule has 2 saturated heterocycles. The minimum absolute atomic E-state index is 0.102. The van der Waals surface area contributed by atoms with Gasteiger partial charge in [0.05, 0.1) is 18.0 Å². The molecule has 0 saturated carbocycles. The lowest BCUT2D eigenvalue weighted by Gasteiger charge is -2.33. The van der Waals surface area contributed by atoms with Crippen LogP contribution in [0.1, 0.15) is 45.1 Å². The fraction of sp³-hybridized carbons (Fsp3) is 0.577. The molecule has 2 heterocycles. The molecule has 1 unspecified atom stereocenters. The Bertz CT molecular complexity index is 965. The summed E-state index contributed by atoms with van der Waals surface area (Å²) in [7, 11) is 3.36. The smallest absolute Gasteiger partial charge is 0.410 e. The van der Waals surface area contributed by atoms with E-state index in [4.69, 9.17) is 4.74 Å². The van der Waals surface area contributed by atoms with Crippen LogP contribution in [0.3, 0.4) is 0 Å². The largest absolute Gasteiger partial charge is 0.444 e. The maximum absolute atomic E-state index is 14.9. The predicted molar refractivity (Wildman–Crippen MR) is 128 cm³/mol. The van der Waals surface area contributed by atoms with Gasteiger partial charge in [-0.2, -0.15) is 0 Å². The van der Waals surface area contributed by atoms with Gasteiger partial charge < -0.3 is 19.4 Å². The zero-order valence-corrected chi connectivity index (χ0v) is 21.1. The van der Waals surface area contributed by atoms with Crippen LogP contribution in [0.4, 0.5) is 13.6 Å². The van der Waals surface area contributed by atoms with Gasteiger partial charge in [-0.3, -0.25) is 9.59 Å². The van der Waals surface area contributed by atoms with Gasteiger partial charge in [-0.15, -0.1) is 0 Å². The number of alkyl halides is 2. The van der Waals surface area contributed by atoms with Crippen molar-refractivity contribution in [3.05, 3.63) is 47.7 Å². The van der Waals surface area contributed by atoms with Crippen LogP contribution in [0.2, 0.25) is 0 Å². The van der Waals surface area contributed by atoms with Gasteiger partial charge in [0.15, 0.2) is 5.78 Å². The Hall–Kier alpha value is -2.97. The van der Waals surface area contributed by atoms with Gasteiger partial charge in [0.2, 0.25) is 0 Å². The summed E-state index contributed by atoms with van der Waals surface area (Å²) in [5, 5.41) is 0. The van der Waals surface area contributed by atoms with Crippen molar-refractivity contribution >= 4 is 17.8 Å². The number of ketones is 1. The Morgan fingerprint density at radius 1 is 1.06 bits per heavy atom. The summed E-state index contributed by atoms with van der Waals surface area (Å²) in [5.41, 5.74) is -0.255. The number of carbonyl (C=O) groups is 3. The molecular weight excluding hydrogens is 456 g/mol. The molecule has 2 aliphatic rings. The summed E-state index contributed by atoms with van der Waals surface area (Å²) in [6.45, 7) is 5.12. The zero-order valence-electron chi connectivity index (χ0n) is 21.1. The number of carbonyl (C=O) groups excluding carboxylic acids is 3. The zero-order chi connectivity index (χ0) is 26.0. The lowest BCUT2D eigenvalue weighted by molar-refractivity contribution is -0.131. The maximum Gasteiger partial charge on any atom is 0.410 e. The quantitative estimate of drug-likeness (QED) is 0.355. The number of hydrogen-bond acceptors (Lipinski definition) is 5. The van der Waals surface area contributed by atoms with Crippen molar-refractivity contribution in [2.45, 2.75) is 51.1 Å². The van der Waals surface area contributed by atoms with Gasteiger partial charge in [-0.25, -0.2) is 13.6 Å². The van der Waals surface area contributed by atoms with Gasteiger partial charge in [-0.1, -0.05) is 30.3 Å². The highest BCUT2D eigenvalue weighted by Gasteiger charge is 2.51. The number of nitrogens with zero attached hydrogens (tertiary/aromatic N) is 3. The molecule has 192 valence electrons. The van der Waals surface area contributed by atoms with Crippen molar-refractivity contribution in [2.24, 2.45) is 5.92 Å². The second-order valence-corrected chi connectivity index (χ2v) is 10.5. The highest BCUT2D eigenvalue weighted by Crippen LogP contribution is 2.41. The Morgan fingerprint density at radius 3 is 2.20 bits per heavy atom. The van der Waals surface area contributed by atoms with E-state index in [1.807, 2.05) is 0 Å². The molecule has 1 aromatic rings. The molecule has 9 heteroatoms. The Morgan fingerprint density at radius 2 is 1.66 bits per heavy atom. The van der Waals surface area contributed by atoms with Gasteiger partial charge in [0, 0.05) is 45.8 Å². The molecule has 7 nitrogen and oxygen atoms in total. The summed E-state index contributed by atoms with van der Waals surface area (Å²) in [4.78, 5) is 43.3. The minimum Gasteiger partial charge on any atom is -0.444 e. The second kappa shape index (κ2) is 10.3. The van der Waals surface area contributed by atoms with Gasteiger partial charge >= 0.3 is 6.09 Å². The van der Waals surface area contributed by atoms with E-state index in [1.54, 1.807) is 75.0 Å². The lowest BCUT2D eigenvalue weighted by atomic mass is 9.88. The molecule has 0 aliphatic carbocycles. The molecule has 2 fully saturated rings. The van der Waals surface area contributed by atoms with Gasteiger partial charge in [-0.05, 0) is 39.2 Å². The van der Waals surface area contributed by atoms with E-state index in [0.717, 1.165) is 4.90 Å². The normalized spacial score (nSPS) is 21.1. The van der Waals surface area contributed by atoms with Crippen LogP contribution in [0, 0.1) is 5.92 Å². The van der Waals surface area contributed by atoms with E-state index >= 15 is 0 Å². The first-order valence-electron chi connectivity index (χ1n) is 11.9.